The molecule has 0 aromatic carbocycles. The summed E-state index contributed by atoms with van der Waals surface area (Å²) in [5, 5.41) is 3.63. The molecule has 2 aliphatic rings. The normalized spacial score (nSPS) is 22.3. The van der Waals surface area contributed by atoms with Gasteiger partial charge < -0.3 is 15.0 Å². The third kappa shape index (κ3) is 4.06. The highest BCUT2D eigenvalue weighted by Crippen LogP contribution is 2.31. The summed E-state index contributed by atoms with van der Waals surface area (Å²) in [6.07, 6.45) is 10.1. The van der Waals surface area contributed by atoms with Crippen LogP contribution in [0.3, 0.4) is 0 Å². The van der Waals surface area contributed by atoms with E-state index in [0.717, 1.165) is 18.9 Å². The van der Waals surface area contributed by atoms with Crippen LogP contribution in [0.4, 0.5) is 5.82 Å². The Morgan fingerprint density at radius 2 is 2.14 bits per heavy atom. The first-order valence-corrected chi connectivity index (χ1v) is 8.21. The zero-order chi connectivity index (χ0) is 14.7. The number of nitrogens with zero attached hydrogens (tertiary/aromatic N) is 3. The van der Waals surface area contributed by atoms with Gasteiger partial charge in [-0.15, -0.1) is 0 Å². The van der Waals surface area contributed by atoms with Gasteiger partial charge in [0.25, 0.3) is 0 Å². The second-order valence-electron chi connectivity index (χ2n) is 6.41. The lowest BCUT2D eigenvalue weighted by atomic mass is 10.0. The zero-order valence-electron chi connectivity index (χ0n) is 13.1. The van der Waals surface area contributed by atoms with Crippen LogP contribution < -0.4 is 15.0 Å². The van der Waals surface area contributed by atoms with Crippen molar-refractivity contribution < 1.29 is 4.74 Å². The van der Waals surface area contributed by atoms with Crippen LogP contribution in [0.1, 0.15) is 46.0 Å². The third-order valence-corrected chi connectivity index (χ3v) is 4.07. The molecule has 5 heteroatoms. The molecule has 0 spiro atoms. The topological polar surface area (TPSA) is 50.3 Å². The number of aromatic nitrogens is 2. The summed E-state index contributed by atoms with van der Waals surface area (Å²) < 4.78 is 5.68. The number of hydrogen-bond acceptors (Lipinski definition) is 5. The van der Waals surface area contributed by atoms with Crippen molar-refractivity contribution in [2.75, 3.05) is 18.0 Å². The molecule has 3 rings (SSSR count). The van der Waals surface area contributed by atoms with Crippen molar-refractivity contribution in [3.05, 3.63) is 12.4 Å². The van der Waals surface area contributed by atoms with Gasteiger partial charge in [-0.1, -0.05) is 6.42 Å². The van der Waals surface area contributed by atoms with E-state index in [2.05, 4.69) is 20.2 Å². The highest BCUT2D eigenvalue weighted by atomic mass is 16.5. The number of piperidine rings is 1. The van der Waals surface area contributed by atoms with E-state index in [1.54, 1.807) is 6.20 Å². The maximum Gasteiger partial charge on any atom is 0.234 e. The molecule has 0 amide bonds. The Bertz CT molecular complexity index is 455. The first-order valence-electron chi connectivity index (χ1n) is 8.21. The Morgan fingerprint density at radius 1 is 1.29 bits per heavy atom. The van der Waals surface area contributed by atoms with E-state index in [-0.39, 0.29) is 6.10 Å². The fourth-order valence-corrected chi connectivity index (χ4v) is 2.91. The van der Waals surface area contributed by atoms with Gasteiger partial charge in [-0.05, 0) is 46.1 Å². The van der Waals surface area contributed by atoms with Gasteiger partial charge >= 0.3 is 0 Å². The molecule has 2 fully saturated rings. The van der Waals surface area contributed by atoms with Crippen LogP contribution in [0, 0.1) is 0 Å². The van der Waals surface area contributed by atoms with Crippen molar-refractivity contribution in [2.45, 2.75) is 64.1 Å². The van der Waals surface area contributed by atoms with Gasteiger partial charge in [-0.3, -0.25) is 4.98 Å². The third-order valence-electron chi connectivity index (χ3n) is 4.07. The van der Waals surface area contributed by atoms with Gasteiger partial charge in [-0.2, -0.15) is 4.98 Å². The summed E-state index contributed by atoms with van der Waals surface area (Å²) in [5.41, 5.74) is 0. The standard InChI is InChI=1S/C16H26N4O/c1-12(2)21-16-10-17-9-15(19-16)20(14-6-7-14)11-13-5-3-4-8-18-13/h9-10,12-14,18H,3-8,11H2,1-2H3. The number of rotatable bonds is 6. The Hall–Kier alpha value is -1.36. The van der Waals surface area contributed by atoms with Crippen LogP contribution >= 0.6 is 0 Å². The molecular formula is C16H26N4O. The van der Waals surface area contributed by atoms with Gasteiger partial charge in [0, 0.05) is 18.6 Å². The van der Waals surface area contributed by atoms with Crippen LogP contribution in [0.5, 0.6) is 5.88 Å². The molecule has 5 nitrogen and oxygen atoms in total. The van der Waals surface area contributed by atoms with Gasteiger partial charge in [0.05, 0.1) is 18.5 Å². The molecule has 1 aliphatic heterocycles. The summed E-state index contributed by atoms with van der Waals surface area (Å²) in [6.45, 7) is 6.20. The van der Waals surface area contributed by atoms with Gasteiger partial charge in [0.2, 0.25) is 5.88 Å². The fourth-order valence-electron chi connectivity index (χ4n) is 2.91. The predicted molar refractivity (Wildman–Crippen MR) is 83.8 cm³/mol. The molecule has 1 aromatic heterocycles. The van der Waals surface area contributed by atoms with Crippen molar-refractivity contribution in [3.8, 4) is 5.88 Å². The number of anilines is 1. The van der Waals surface area contributed by atoms with E-state index in [4.69, 9.17) is 4.74 Å². The van der Waals surface area contributed by atoms with Crippen LogP contribution in [0.15, 0.2) is 12.4 Å². The van der Waals surface area contributed by atoms with Gasteiger partial charge in [0.1, 0.15) is 0 Å². The Kier molecular flexibility index (Phi) is 4.58. The van der Waals surface area contributed by atoms with E-state index < -0.39 is 0 Å². The van der Waals surface area contributed by atoms with E-state index in [9.17, 15) is 0 Å². The molecule has 21 heavy (non-hydrogen) atoms. The van der Waals surface area contributed by atoms with Crippen molar-refractivity contribution in [2.24, 2.45) is 0 Å². The summed E-state index contributed by atoms with van der Waals surface area (Å²) in [6, 6.07) is 1.22. The summed E-state index contributed by atoms with van der Waals surface area (Å²) in [4.78, 5) is 11.4. The van der Waals surface area contributed by atoms with Gasteiger partial charge in [0.15, 0.2) is 5.82 Å². The molecule has 1 aromatic rings. The molecule has 2 heterocycles. The molecule has 1 aliphatic carbocycles. The smallest absolute Gasteiger partial charge is 0.234 e. The van der Waals surface area contributed by atoms with Crippen LogP contribution in [-0.2, 0) is 0 Å². The largest absolute Gasteiger partial charge is 0.474 e. The number of nitrogens with one attached hydrogen (secondary N) is 1. The molecular weight excluding hydrogens is 264 g/mol. The SMILES string of the molecule is CC(C)Oc1cncc(N(CC2CCCCN2)C2CC2)n1. The predicted octanol–water partition coefficient (Wildman–Crippen LogP) is 2.37. The second kappa shape index (κ2) is 6.60. The van der Waals surface area contributed by atoms with Crippen LogP contribution in [0.25, 0.3) is 0 Å². The Labute approximate surface area is 127 Å². The minimum atomic E-state index is 0.129. The monoisotopic (exact) mass is 290 g/mol. The van der Waals surface area contributed by atoms with E-state index in [1.807, 2.05) is 20.0 Å². The quantitative estimate of drug-likeness (QED) is 0.871. The second-order valence-corrected chi connectivity index (χ2v) is 6.41. The van der Waals surface area contributed by atoms with Crippen LogP contribution in [0.2, 0.25) is 0 Å². The van der Waals surface area contributed by atoms with Crippen molar-refractivity contribution in [1.29, 1.82) is 0 Å². The molecule has 1 unspecified atom stereocenters. The van der Waals surface area contributed by atoms with Gasteiger partial charge in [-0.25, -0.2) is 0 Å². The van der Waals surface area contributed by atoms with Crippen molar-refractivity contribution in [3.63, 3.8) is 0 Å². The number of hydrogen-bond donors (Lipinski definition) is 1. The zero-order valence-corrected chi connectivity index (χ0v) is 13.1. The van der Waals surface area contributed by atoms with Crippen molar-refractivity contribution in [1.82, 2.24) is 15.3 Å². The molecule has 1 saturated heterocycles. The molecule has 1 N–H and O–H groups in total. The summed E-state index contributed by atoms with van der Waals surface area (Å²) >= 11 is 0. The first kappa shape index (κ1) is 14.6. The lowest BCUT2D eigenvalue weighted by Crippen LogP contribution is -2.44. The molecule has 0 radical (unpaired) electrons. The highest BCUT2D eigenvalue weighted by Gasteiger charge is 2.32. The van der Waals surface area contributed by atoms with E-state index in [1.165, 1.54) is 32.1 Å². The fraction of sp³-hybridized carbons (Fsp3) is 0.750. The van der Waals surface area contributed by atoms with E-state index in [0.29, 0.717) is 18.0 Å². The average molecular weight is 290 g/mol. The Morgan fingerprint density at radius 3 is 2.81 bits per heavy atom. The average Bonchev–Trinajstić information content (AvgIpc) is 3.30. The maximum atomic E-state index is 5.68. The summed E-state index contributed by atoms with van der Waals surface area (Å²) in [5.74, 6) is 1.59. The lowest BCUT2D eigenvalue weighted by Gasteiger charge is -2.31. The van der Waals surface area contributed by atoms with Crippen molar-refractivity contribution >= 4 is 5.82 Å². The summed E-state index contributed by atoms with van der Waals surface area (Å²) in [7, 11) is 0. The minimum Gasteiger partial charge on any atom is -0.474 e. The lowest BCUT2D eigenvalue weighted by molar-refractivity contribution is 0.231. The first-order chi connectivity index (χ1) is 10.2. The Balaban J connectivity index is 1.70. The van der Waals surface area contributed by atoms with E-state index >= 15 is 0 Å². The maximum absolute atomic E-state index is 5.68. The molecule has 116 valence electrons. The highest BCUT2D eigenvalue weighted by molar-refractivity contribution is 5.41. The molecule has 1 saturated carbocycles. The minimum absolute atomic E-state index is 0.129. The number of ether oxygens (including phenoxy) is 1. The molecule has 1 atom stereocenters. The molecule has 0 bridgehead atoms. The van der Waals surface area contributed by atoms with Crippen LogP contribution in [-0.4, -0.2) is 41.2 Å².